The van der Waals surface area contributed by atoms with Crippen LogP contribution in [0, 0.1) is 0 Å². The van der Waals surface area contributed by atoms with Gasteiger partial charge in [0.2, 0.25) is 0 Å². The molecule has 4 rings (SSSR count). The van der Waals surface area contributed by atoms with Gasteiger partial charge in [-0.1, -0.05) is 0 Å². The Morgan fingerprint density at radius 2 is 1.34 bits per heavy atom. The minimum Gasteiger partial charge on any atom is -0.390 e. The molecule has 0 radical (unpaired) electrons. The van der Waals surface area contributed by atoms with Gasteiger partial charge in [-0.15, -0.1) is 0 Å². The Morgan fingerprint density at radius 1 is 0.724 bits per heavy atom. The zero-order valence-electron chi connectivity index (χ0n) is 15.6. The molecular weight excluding hydrogens is 476 g/mol. The van der Waals surface area contributed by atoms with Crippen LogP contribution < -0.4 is 0 Å². The molecule has 0 aromatic rings. The average molecular weight is 501 g/mol. The maximum Gasteiger partial charge on any atom is 0.312 e. The Balaban J connectivity index is 0.000000194. The Morgan fingerprint density at radius 3 is 1.48 bits per heavy atom. The molecule has 0 amide bonds. The molecule has 0 bridgehead atoms. The Kier molecular flexibility index (Phi) is 9.97. The maximum atomic E-state index is 10.5. The molecule has 4 heterocycles. The smallest absolute Gasteiger partial charge is 0.312 e. The van der Waals surface area contributed by atoms with Gasteiger partial charge >= 0.3 is 10.1 Å². The first-order chi connectivity index (χ1) is 13.2. The first-order valence-corrected chi connectivity index (χ1v) is 14.6. The lowest BCUT2D eigenvalue weighted by Gasteiger charge is -2.10. The van der Waals surface area contributed by atoms with Crippen molar-refractivity contribution in [3.8, 4) is 0 Å². The van der Waals surface area contributed by atoms with Crippen molar-refractivity contribution in [2.45, 2.75) is 31.4 Å². The number of hydrogen-bond acceptors (Lipinski definition) is 12. The lowest BCUT2D eigenvalue weighted by atomic mass is 10.4. The summed E-state index contributed by atoms with van der Waals surface area (Å²) in [5.41, 5.74) is 0. The number of rotatable bonds is 0. The van der Waals surface area contributed by atoms with Crippen molar-refractivity contribution >= 4 is 40.5 Å². The van der Waals surface area contributed by atoms with Gasteiger partial charge in [0.05, 0.1) is 30.8 Å². The average Bonchev–Trinajstić information content (AvgIpc) is 3.12. The Hall–Kier alpha value is -0.780. The molecule has 0 aromatic carbocycles. The van der Waals surface area contributed by atoms with Crippen LogP contribution in [-0.2, 0) is 57.2 Å². The zero-order chi connectivity index (χ0) is 22.2. The first-order valence-electron chi connectivity index (χ1n) is 8.43. The normalized spacial score (nSPS) is 29.2. The molecule has 0 saturated carbocycles. The Bertz CT molecular complexity index is 925. The molecule has 12 nitrogen and oxygen atoms in total. The van der Waals surface area contributed by atoms with Crippen molar-refractivity contribution in [1.29, 1.82) is 0 Å². The van der Waals surface area contributed by atoms with Crippen molar-refractivity contribution in [1.82, 2.24) is 0 Å². The van der Waals surface area contributed by atoms with Gasteiger partial charge in [-0.05, 0) is 32.3 Å². The summed E-state index contributed by atoms with van der Waals surface area (Å²) in [6.45, 7) is 2.77. The van der Waals surface area contributed by atoms with Gasteiger partial charge in [-0.2, -0.15) is 33.7 Å². The van der Waals surface area contributed by atoms with Gasteiger partial charge in [0.15, 0.2) is 0 Å². The van der Waals surface area contributed by atoms with E-state index in [4.69, 9.17) is 0 Å². The summed E-state index contributed by atoms with van der Waals surface area (Å²) >= 11 is 0. The predicted octanol–water partition coefficient (Wildman–Crippen LogP) is -0.542. The highest BCUT2D eigenvalue weighted by atomic mass is 32.2. The molecule has 16 heteroatoms. The summed E-state index contributed by atoms with van der Waals surface area (Å²) in [5.74, 6) is 0.424. The third-order valence-corrected chi connectivity index (χ3v) is 8.74. The fraction of sp³-hybridized carbons (Fsp3) is 0.846. The van der Waals surface area contributed by atoms with Crippen molar-refractivity contribution in [3.05, 3.63) is 12.3 Å². The van der Waals surface area contributed by atoms with E-state index in [1.54, 1.807) is 6.92 Å². The molecule has 3 fully saturated rings. The summed E-state index contributed by atoms with van der Waals surface area (Å²) in [7, 11) is -12.3. The van der Waals surface area contributed by atoms with Gasteiger partial charge in [-0.25, -0.2) is 0 Å². The molecule has 3 saturated heterocycles. The molecule has 4 aliphatic rings. The van der Waals surface area contributed by atoms with E-state index >= 15 is 0 Å². The monoisotopic (exact) mass is 500 g/mol. The third kappa shape index (κ3) is 11.3. The second kappa shape index (κ2) is 11.0. The van der Waals surface area contributed by atoms with E-state index in [0.29, 0.717) is 26.2 Å². The van der Waals surface area contributed by atoms with Crippen molar-refractivity contribution in [3.63, 3.8) is 0 Å². The van der Waals surface area contributed by atoms with Crippen LogP contribution in [0.5, 0.6) is 0 Å². The second-order valence-corrected chi connectivity index (χ2v) is 13.2. The van der Waals surface area contributed by atoms with Crippen LogP contribution in [0.3, 0.4) is 0 Å². The van der Waals surface area contributed by atoms with E-state index in [0.717, 1.165) is 12.8 Å². The lowest BCUT2D eigenvalue weighted by molar-refractivity contribution is 0.287. The molecular formula is C13H24O12S4. The maximum absolute atomic E-state index is 10.5. The highest BCUT2D eigenvalue weighted by Gasteiger charge is 2.27. The van der Waals surface area contributed by atoms with Crippen molar-refractivity contribution in [2.24, 2.45) is 0 Å². The van der Waals surface area contributed by atoms with Gasteiger partial charge < -0.3 is 4.18 Å². The summed E-state index contributed by atoms with van der Waals surface area (Å²) in [6.07, 6.45) is 4.90. The largest absolute Gasteiger partial charge is 0.390 e. The zero-order valence-corrected chi connectivity index (χ0v) is 18.9. The van der Waals surface area contributed by atoms with Gasteiger partial charge in [0.1, 0.15) is 17.8 Å². The summed E-state index contributed by atoms with van der Waals surface area (Å²) < 4.78 is 99.0. The SMILES string of the molecule is CC1CCOS1(=O)=O.O=S1(=O)CC=CO1.O=S1(=O)CCCCO1.O=S1(=O)CCO1. The van der Waals surface area contributed by atoms with E-state index in [-0.39, 0.29) is 22.5 Å². The Labute approximate surface area is 171 Å². The molecule has 0 aliphatic carbocycles. The summed E-state index contributed by atoms with van der Waals surface area (Å²) in [5, 5.41) is -0.289. The standard InChI is InChI=1S/2C4H8O3S.C3H4O3S.C2H4O3S/c1-4-2-3-7-8(4,5)6;5-8(6)4-2-1-3-7-8;4-7(5)3-1-2-6-7;3-6(4)2-1-5-6/h4H,2-3H2,1H3;1-4H2;1-2H,3H2;1-2H2. The van der Waals surface area contributed by atoms with Crippen LogP contribution >= 0.6 is 0 Å². The molecule has 0 aromatic heterocycles. The summed E-state index contributed by atoms with van der Waals surface area (Å²) in [6, 6.07) is 0. The topological polar surface area (TPSA) is 173 Å². The molecule has 1 unspecified atom stereocenters. The van der Waals surface area contributed by atoms with Crippen LogP contribution in [0.4, 0.5) is 0 Å². The second-order valence-electron chi connectivity index (χ2n) is 5.98. The quantitative estimate of drug-likeness (QED) is 0.389. The number of hydrogen-bond donors (Lipinski definition) is 0. The molecule has 1 atom stereocenters. The van der Waals surface area contributed by atoms with E-state index < -0.39 is 40.5 Å². The van der Waals surface area contributed by atoms with E-state index in [1.165, 1.54) is 12.3 Å². The fourth-order valence-electron chi connectivity index (χ4n) is 1.76. The van der Waals surface area contributed by atoms with Crippen molar-refractivity contribution in [2.75, 3.05) is 37.1 Å². The van der Waals surface area contributed by atoms with Gasteiger partial charge in [0, 0.05) is 0 Å². The predicted molar refractivity (Wildman–Crippen MR) is 102 cm³/mol. The van der Waals surface area contributed by atoms with E-state index in [1.807, 2.05) is 0 Å². The molecule has 0 N–H and O–H groups in total. The van der Waals surface area contributed by atoms with Crippen molar-refractivity contribution < 1.29 is 50.4 Å². The third-order valence-electron chi connectivity index (χ3n) is 3.51. The molecule has 172 valence electrons. The minimum absolute atomic E-state index is 0.0208. The molecule has 0 spiro atoms. The highest BCUT2D eigenvalue weighted by molar-refractivity contribution is 7.88. The molecule has 29 heavy (non-hydrogen) atoms. The van der Waals surface area contributed by atoms with Crippen LogP contribution in [0.15, 0.2) is 12.3 Å². The fourth-order valence-corrected chi connectivity index (χ4v) is 4.83. The lowest BCUT2D eigenvalue weighted by Crippen LogP contribution is -2.26. The van der Waals surface area contributed by atoms with E-state index in [9.17, 15) is 33.7 Å². The highest BCUT2D eigenvalue weighted by Crippen LogP contribution is 2.15. The van der Waals surface area contributed by atoms with Crippen LogP contribution in [0.25, 0.3) is 0 Å². The van der Waals surface area contributed by atoms with Gasteiger partial charge in [0.25, 0.3) is 30.4 Å². The van der Waals surface area contributed by atoms with Crippen LogP contribution in [0.1, 0.15) is 26.2 Å². The van der Waals surface area contributed by atoms with Crippen LogP contribution in [0.2, 0.25) is 0 Å². The van der Waals surface area contributed by atoms with Crippen LogP contribution in [-0.4, -0.2) is 76.0 Å². The first kappa shape index (κ1) is 26.3. The minimum atomic E-state index is -3.16. The van der Waals surface area contributed by atoms with E-state index in [2.05, 4.69) is 16.7 Å². The molecule has 4 aliphatic heterocycles. The summed E-state index contributed by atoms with van der Waals surface area (Å²) in [4.78, 5) is 0. The van der Waals surface area contributed by atoms with Gasteiger partial charge in [-0.3, -0.25) is 12.5 Å².